The maximum Gasteiger partial charge on any atom is 0.310 e. The predicted octanol–water partition coefficient (Wildman–Crippen LogP) is 3.43. The third-order valence-electron chi connectivity index (χ3n) is 2.67. The lowest BCUT2D eigenvalue weighted by Crippen LogP contribution is -2.24. The van der Waals surface area contributed by atoms with Crippen molar-refractivity contribution in [3.05, 3.63) is 35.5 Å². The minimum atomic E-state index is -0.533. The van der Waals surface area contributed by atoms with Gasteiger partial charge in [-0.25, -0.2) is 0 Å². The highest BCUT2D eigenvalue weighted by Crippen LogP contribution is 2.19. The van der Waals surface area contributed by atoms with Crippen molar-refractivity contribution in [2.24, 2.45) is 0 Å². The van der Waals surface area contributed by atoms with Gasteiger partial charge in [0.15, 0.2) is 0 Å². The Hall–Kier alpha value is -1.81. The molecule has 20 heavy (non-hydrogen) atoms. The summed E-state index contributed by atoms with van der Waals surface area (Å²) in [7, 11) is 0. The minimum Gasteiger partial charge on any atom is -0.460 e. The number of fused-ring (bicyclic) bond motifs is 1. The van der Waals surface area contributed by atoms with Crippen molar-refractivity contribution < 1.29 is 14.3 Å². The van der Waals surface area contributed by atoms with Crippen LogP contribution in [0, 0.1) is 0 Å². The van der Waals surface area contributed by atoms with Gasteiger partial charge in [0, 0.05) is 10.9 Å². The molecule has 0 fully saturated rings. The third-order valence-corrected chi connectivity index (χ3v) is 2.87. The highest BCUT2D eigenvalue weighted by atomic mass is 35.5. The summed E-state index contributed by atoms with van der Waals surface area (Å²) in [6.45, 7) is 5.50. The molecular formula is C15H16ClNO3. The number of H-pyrrole nitrogens is 1. The van der Waals surface area contributed by atoms with Gasteiger partial charge in [0.1, 0.15) is 5.60 Å². The number of hydrogen-bond donors (Lipinski definition) is 1. The van der Waals surface area contributed by atoms with Crippen LogP contribution in [0.1, 0.15) is 36.8 Å². The molecule has 5 heteroatoms. The summed E-state index contributed by atoms with van der Waals surface area (Å²) in [6, 6.07) is 7.16. The molecule has 2 rings (SSSR count). The first kappa shape index (κ1) is 14.6. The molecule has 106 valence electrons. The van der Waals surface area contributed by atoms with Crippen LogP contribution in [0.5, 0.6) is 0 Å². The lowest BCUT2D eigenvalue weighted by molar-refractivity contribution is -0.153. The Kier molecular flexibility index (Phi) is 3.86. The van der Waals surface area contributed by atoms with Crippen LogP contribution >= 0.6 is 11.6 Å². The van der Waals surface area contributed by atoms with Crippen LogP contribution in [0.4, 0.5) is 0 Å². The van der Waals surface area contributed by atoms with Crippen molar-refractivity contribution in [1.29, 1.82) is 0 Å². The Morgan fingerprint density at radius 3 is 2.55 bits per heavy atom. The summed E-state index contributed by atoms with van der Waals surface area (Å²) in [4.78, 5) is 25.8. The van der Waals surface area contributed by atoms with Gasteiger partial charge >= 0.3 is 5.97 Å². The zero-order valence-electron chi connectivity index (χ0n) is 11.6. The average Bonchev–Trinajstić information content (AvgIpc) is 2.69. The second-order valence-electron chi connectivity index (χ2n) is 5.64. The van der Waals surface area contributed by atoms with Crippen LogP contribution in [0.2, 0.25) is 0 Å². The summed E-state index contributed by atoms with van der Waals surface area (Å²) in [5, 5.41) is 0.310. The van der Waals surface area contributed by atoms with Gasteiger partial charge in [0.25, 0.3) is 5.24 Å². The Bertz CT molecular complexity index is 667. The molecule has 0 saturated heterocycles. The van der Waals surface area contributed by atoms with Crippen molar-refractivity contribution in [1.82, 2.24) is 4.98 Å². The van der Waals surface area contributed by atoms with Crippen molar-refractivity contribution in [3.8, 4) is 0 Å². The van der Waals surface area contributed by atoms with E-state index in [-0.39, 0.29) is 12.4 Å². The number of halogens is 1. The summed E-state index contributed by atoms with van der Waals surface area (Å²) in [5.74, 6) is -0.277. The fraction of sp³-hybridized carbons (Fsp3) is 0.333. The molecule has 2 aromatic rings. The first-order chi connectivity index (χ1) is 9.24. The van der Waals surface area contributed by atoms with Gasteiger partial charge in [0.05, 0.1) is 12.1 Å². The molecule has 0 amide bonds. The molecule has 1 N–H and O–H groups in total. The number of hydrogen-bond acceptors (Lipinski definition) is 3. The maximum absolute atomic E-state index is 11.8. The summed E-state index contributed by atoms with van der Waals surface area (Å²) in [5.41, 5.74) is 1.49. The van der Waals surface area contributed by atoms with Crippen LogP contribution in [-0.2, 0) is 16.0 Å². The molecule has 0 radical (unpaired) electrons. The second-order valence-corrected chi connectivity index (χ2v) is 5.98. The van der Waals surface area contributed by atoms with Crippen molar-refractivity contribution >= 4 is 33.7 Å². The Morgan fingerprint density at radius 2 is 1.95 bits per heavy atom. The van der Waals surface area contributed by atoms with Gasteiger partial charge in [-0.05, 0) is 56.1 Å². The fourth-order valence-electron chi connectivity index (χ4n) is 1.94. The van der Waals surface area contributed by atoms with Crippen LogP contribution in [-0.4, -0.2) is 21.8 Å². The number of carbonyl (C=O) groups is 2. The molecule has 4 nitrogen and oxygen atoms in total. The van der Waals surface area contributed by atoms with E-state index in [0.717, 1.165) is 16.5 Å². The fourth-order valence-corrected chi connectivity index (χ4v) is 2.04. The minimum absolute atomic E-state index is 0.197. The normalized spacial score (nSPS) is 11.6. The molecule has 0 atom stereocenters. The molecule has 0 saturated carbocycles. The van der Waals surface area contributed by atoms with Gasteiger partial charge < -0.3 is 9.72 Å². The number of rotatable bonds is 3. The quantitative estimate of drug-likeness (QED) is 0.697. The SMILES string of the molecule is CC(C)(C)OC(=O)Cc1ccc2[nH]c(C(=O)Cl)cc2c1. The molecule has 0 aliphatic heterocycles. The number of esters is 1. The molecule has 1 heterocycles. The largest absolute Gasteiger partial charge is 0.460 e. The van der Waals surface area contributed by atoms with E-state index < -0.39 is 10.8 Å². The molecule has 0 aliphatic rings. The number of aromatic nitrogens is 1. The highest BCUT2D eigenvalue weighted by Gasteiger charge is 2.16. The monoisotopic (exact) mass is 293 g/mol. The van der Waals surface area contributed by atoms with E-state index in [9.17, 15) is 9.59 Å². The van der Waals surface area contributed by atoms with Gasteiger partial charge in [-0.15, -0.1) is 0 Å². The first-order valence-corrected chi connectivity index (χ1v) is 6.66. The van der Waals surface area contributed by atoms with E-state index in [0.29, 0.717) is 5.69 Å². The second kappa shape index (κ2) is 5.29. The number of carbonyl (C=O) groups excluding carboxylic acids is 2. The van der Waals surface area contributed by atoms with Crippen molar-refractivity contribution in [2.45, 2.75) is 32.8 Å². The molecule has 0 aliphatic carbocycles. The van der Waals surface area contributed by atoms with E-state index in [1.165, 1.54) is 0 Å². The molecule has 1 aromatic carbocycles. The Labute approximate surface area is 122 Å². The van der Waals surface area contributed by atoms with Crippen LogP contribution in [0.25, 0.3) is 10.9 Å². The van der Waals surface area contributed by atoms with Crippen molar-refractivity contribution in [3.63, 3.8) is 0 Å². The zero-order chi connectivity index (χ0) is 14.9. The van der Waals surface area contributed by atoms with Crippen molar-refractivity contribution in [2.75, 3.05) is 0 Å². The van der Waals surface area contributed by atoms with Gasteiger partial charge in [-0.3, -0.25) is 9.59 Å². The van der Waals surface area contributed by atoms with Crippen LogP contribution < -0.4 is 0 Å². The third kappa shape index (κ3) is 3.61. The molecule has 1 aromatic heterocycles. The van der Waals surface area contributed by atoms with E-state index in [2.05, 4.69) is 4.98 Å². The first-order valence-electron chi connectivity index (χ1n) is 6.28. The summed E-state index contributed by atoms with van der Waals surface area (Å²) < 4.78 is 5.28. The Morgan fingerprint density at radius 1 is 1.25 bits per heavy atom. The Balaban J connectivity index is 2.19. The molecule has 0 bridgehead atoms. The number of aromatic amines is 1. The average molecular weight is 294 g/mol. The maximum atomic E-state index is 11.8. The van der Waals surface area contributed by atoms with E-state index in [1.54, 1.807) is 6.07 Å². The lowest BCUT2D eigenvalue weighted by Gasteiger charge is -2.19. The summed E-state index contributed by atoms with van der Waals surface area (Å²) in [6.07, 6.45) is 0.197. The van der Waals surface area contributed by atoms with Gasteiger partial charge in [-0.1, -0.05) is 6.07 Å². The van der Waals surface area contributed by atoms with Crippen LogP contribution in [0.3, 0.4) is 0 Å². The summed E-state index contributed by atoms with van der Waals surface area (Å²) >= 11 is 5.43. The topological polar surface area (TPSA) is 59.2 Å². The zero-order valence-corrected chi connectivity index (χ0v) is 12.4. The predicted molar refractivity (Wildman–Crippen MR) is 78.0 cm³/mol. The molecular weight excluding hydrogens is 278 g/mol. The lowest BCUT2D eigenvalue weighted by atomic mass is 10.1. The standard InChI is InChI=1S/C15H16ClNO3/c1-15(2,3)20-13(18)7-9-4-5-11-10(6-9)8-12(17-11)14(16)19/h4-6,8,17H,7H2,1-3H3. The van der Waals surface area contributed by atoms with E-state index >= 15 is 0 Å². The highest BCUT2D eigenvalue weighted by molar-refractivity contribution is 6.67. The number of benzene rings is 1. The van der Waals surface area contributed by atoms with Gasteiger partial charge in [0.2, 0.25) is 0 Å². The van der Waals surface area contributed by atoms with Gasteiger partial charge in [-0.2, -0.15) is 0 Å². The van der Waals surface area contributed by atoms with E-state index in [1.807, 2.05) is 39.0 Å². The number of nitrogens with one attached hydrogen (secondary N) is 1. The molecule has 0 unspecified atom stereocenters. The van der Waals surface area contributed by atoms with Crippen LogP contribution in [0.15, 0.2) is 24.3 Å². The smallest absolute Gasteiger partial charge is 0.310 e. The molecule has 0 spiro atoms. The van der Waals surface area contributed by atoms with E-state index in [4.69, 9.17) is 16.3 Å². The number of ether oxygens (including phenoxy) is 1.